The van der Waals surface area contributed by atoms with Crippen LogP contribution in [0.4, 0.5) is 28.4 Å². The molecule has 16 aromatic carbocycles. The van der Waals surface area contributed by atoms with Gasteiger partial charge >= 0.3 is 0 Å². The van der Waals surface area contributed by atoms with E-state index in [1.165, 1.54) is 69.1 Å². The van der Waals surface area contributed by atoms with Crippen molar-refractivity contribution in [1.29, 1.82) is 0 Å². The summed E-state index contributed by atoms with van der Waals surface area (Å²) in [6.45, 7) is 0. The molecule has 0 saturated carbocycles. The number of rotatable bonds is 15. The first kappa shape index (κ1) is 67.5. The molecule has 0 amide bonds. The van der Waals surface area contributed by atoms with Gasteiger partial charge in [0, 0.05) is 54.5 Å². The molecule has 0 aliphatic carbocycles. The molecule has 500 valence electrons. The van der Waals surface area contributed by atoms with Crippen molar-refractivity contribution in [2.45, 2.75) is 0 Å². The van der Waals surface area contributed by atoms with Crippen molar-refractivity contribution in [3.05, 3.63) is 429 Å². The first-order chi connectivity index (χ1) is 51.0. The van der Waals surface area contributed by atoms with Crippen molar-refractivity contribution in [1.82, 2.24) is 0 Å². The summed E-state index contributed by atoms with van der Waals surface area (Å²) in [5.74, 6) is 0. The zero-order valence-electron chi connectivity index (χ0n) is 56.6. The van der Waals surface area contributed by atoms with E-state index in [1.807, 2.05) is 48.5 Å². The number of fused-ring (bicyclic) bond motifs is 6. The largest absolute Gasteiger partial charge is 0.456 e. The molecule has 2 aromatic heterocycles. The van der Waals surface area contributed by atoms with Crippen molar-refractivity contribution in [3.8, 4) is 22.3 Å². The SMILES string of the molecule is Brc1ccc2oc3ccccc3c2c1.[BH4-].c1ccc(-c2ccc(N(c3ccc([Si](c4ccccc4)(c4ccccc4)c4ccccc4)cc3)c3ccc4oc5ccccc5c4c3)cc2)cc1.c1ccc(-c2ccc(Nc3ccc([Si](c4ccccc4)(c4ccccc4)c4ccccc4)cc3)cc2)cc1. The lowest BCUT2D eigenvalue weighted by Crippen LogP contribution is -2.74. The van der Waals surface area contributed by atoms with Gasteiger partial charge in [0.25, 0.3) is 0 Å². The molecular formula is C96H75BBrN2O2Si2-. The Labute approximate surface area is 620 Å². The summed E-state index contributed by atoms with van der Waals surface area (Å²) in [5.41, 5.74) is 13.9. The van der Waals surface area contributed by atoms with Gasteiger partial charge < -0.3 is 19.1 Å². The van der Waals surface area contributed by atoms with Gasteiger partial charge in [0.05, 0.1) is 0 Å². The Morgan fingerprint density at radius 1 is 0.221 bits per heavy atom. The molecule has 104 heavy (non-hydrogen) atoms. The molecule has 0 aliphatic heterocycles. The predicted octanol–water partition coefficient (Wildman–Crippen LogP) is 19.5. The first-order valence-electron chi connectivity index (χ1n) is 34.9. The van der Waals surface area contributed by atoms with Gasteiger partial charge in [-0.25, -0.2) is 0 Å². The van der Waals surface area contributed by atoms with E-state index in [2.05, 4.69) is 402 Å². The van der Waals surface area contributed by atoms with Gasteiger partial charge in [-0.2, -0.15) is 0 Å². The second-order valence-electron chi connectivity index (χ2n) is 25.7. The Morgan fingerprint density at radius 3 is 0.865 bits per heavy atom. The molecule has 0 unspecified atom stereocenters. The fourth-order valence-electron chi connectivity index (χ4n) is 14.8. The molecule has 4 nitrogen and oxygen atoms in total. The minimum Gasteiger partial charge on any atom is -0.456 e. The molecule has 2 heterocycles. The second-order valence-corrected chi connectivity index (χ2v) is 34.2. The fraction of sp³-hybridized carbons (Fsp3) is 0. The highest BCUT2D eigenvalue weighted by molar-refractivity contribution is 9.10. The third-order valence-electron chi connectivity index (χ3n) is 19.6. The topological polar surface area (TPSA) is 41.6 Å². The molecule has 0 aliphatic rings. The fourth-order valence-corrected chi connectivity index (χ4v) is 24.6. The maximum Gasteiger partial charge on any atom is 0.179 e. The number of anilines is 5. The van der Waals surface area contributed by atoms with Crippen LogP contribution in [0.3, 0.4) is 0 Å². The number of para-hydroxylation sites is 2. The van der Waals surface area contributed by atoms with Crippen LogP contribution in [0, 0.1) is 0 Å². The average molecular weight is 1440 g/mol. The molecule has 0 fully saturated rings. The Hall–Kier alpha value is -12.3. The van der Waals surface area contributed by atoms with E-state index < -0.39 is 16.1 Å². The second kappa shape index (κ2) is 30.9. The maximum atomic E-state index is 6.23. The molecule has 0 bridgehead atoms. The summed E-state index contributed by atoms with van der Waals surface area (Å²) >= 11 is 3.46. The van der Waals surface area contributed by atoms with Gasteiger partial charge in [0.2, 0.25) is 0 Å². The molecule has 1 N–H and O–H groups in total. The Balaban J connectivity index is 0.000000143. The Kier molecular flexibility index (Phi) is 20.1. The van der Waals surface area contributed by atoms with Gasteiger partial charge in [-0.05, 0) is 161 Å². The van der Waals surface area contributed by atoms with Crippen LogP contribution in [-0.4, -0.2) is 24.6 Å². The lowest BCUT2D eigenvalue weighted by atomic mass is 10.0. The minimum atomic E-state index is -2.65. The van der Waals surface area contributed by atoms with Crippen LogP contribution in [-0.2, 0) is 0 Å². The number of nitrogens with one attached hydrogen (secondary N) is 1. The van der Waals surface area contributed by atoms with Crippen LogP contribution in [0.1, 0.15) is 0 Å². The number of hydrogen-bond donors (Lipinski definition) is 1. The number of halogens is 1. The van der Waals surface area contributed by atoms with Crippen molar-refractivity contribution >= 4 is 154 Å². The van der Waals surface area contributed by atoms with Crippen LogP contribution in [0.5, 0.6) is 0 Å². The summed E-state index contributed by atoms with van der Waals surface area (Å²) < 4.78 is 13.0. The van der Waals surface area contributed by atoms with E-state index >= 15 is 0 Å². The van der Waals surface area contributed by atoms with E-state index in [1.54, 1.807) is 0 Å². The molecule has 0 atom stereocenters. The predicted molar refractivity (Wildman–Crippen MR) is 455 cm³/mol. The summed E-state index contributed by atoms with van der Waals surface area (Å²) in [7, 11) is -5.14. The third-order valence-corrected chi connectivity index (χ3v) is 29.7. The van der Waals surface area contributed by atoms with Crippen LogP contribution >= 0.6 is 15.9 Å². The molecule has 0 spiro atoms. The Morgan fingerprint density at radius 2 is 0.481 bits per heavy atom. The van der Waals surface area contributed by atoms with Crippen molar-refractivity contribution in [3.63, 3.8) is 0 Å². The average Bonchev–Trinajstić information content (AvgIpc) is 1.54. The van der Waals surface area contributed by atoms with Crippen molar-refractivity contribution in [2.24, 2.45) is 0 Å². The molecular weight excluding hydrogens is 1360 g/mol. The quantitative estimate of drug-likeness (QED) is 0.0820. The standard InChI is InChI=1S/C48H35NOSi.C36H29NSi.C12H7BrO.BH4/c1-5-15-36(16-6-1)37-25-27-38(28-26-37)49(40-31-34-48-46(35-40)45-23-13-14-24-47(45)50-48)39-29-32-44(33-30-39)51(41-17-7-2-8-18-41,42-19-9-3-10-20-42)43-21-11-4-12-22-43;1-5-13-29(14-6-1)30-21-23-31(24-22-30)37-32-25-27-36(28-26-32)38(33-15-7-2-8-16-33,34-17-9-3-10-18-34)35-19-11-4-12-20-35;13-8-5-6-12-10(7-8)9-3-1-2-4-11(9)14-12;/h1-35H;1-28,37H;1-7H;1H4/q;;;-1. The van der Waals surface area contributed by atoms with E-state index in [4.69, 9.17) is 8.83 Å². The van der Waals surface area contributed by atoms with Crippen LogP contribution in [0.25, 0.3) is 66.1 Å². The van der Waals surface area contributed by atoms with Crippen LogP contribution in [0.2, 0.25) is 0 Å². The minimum absolute atomic E-state index is 0. The maximum absolute atomic E-state index is 6.23. The van der Waals surface area contributed by atoms with Gasteiger partial charge in [-0.1, -0.05) is 352 Å². The Bertz CT molecular complexity index is 5610. The molecule has 18 aromatic rings. The summed E-state index contributed by atoms with van der Waals surface area (Å²) in [6.07, 6.45) is 0. The molecule has 18 rings (SSSR count). The summed E-state index contributed by atoms with van der Waals surface area (Å²) in [5, 5.41) is 19.1. The van der Waals surface area contributed by atoms with E-state index in [-0.39, 0.29) is 8.41 Å². The zero-order valence-corrected chi connectivity index (χ0v) is 60.1. The highest BCUT2D eigenvalue weighted by Gasteiger charge is 2.43. The van der Waals surface area contributed by atoms with Gasteiger partial charge in [0.1, 0.15) is 22.3 Å². The molecule has 0 radical (unpaired) electrons. The van der Waals surface area contributed by atoms with Gasteiger partial charge in [-0.3, -0.25) is 0 Å². The van der Waals surface area contributed by atoms with E-state index in [0.29, 0.717) is 0 Å². The molecule has 0 saturated heterocycles. The van der Waals surface area contributed by atoms with E-state index in [9.17, 15) is 0 Å². The number of nitrogens with zero attached hydrogens (tertiary/aromatic N) is 1. The van der Waals surface area contributed by atoms with Crippen LogP contribution < -0.4 is 51.7 Å². The zero-order chi connectivity index (χ0) is 69.2. The highest BCUT2D eigenvalue weighted by atomic mass is 79.9. The first-order valence-corrected chi connectivity index (χ1v) is 39.7. The summed E-state index contributed by atoms with van der Waals surface area (Å²) in [4.78, 5) is 2.36. The lowest BCUT2D eigenvalue weighted by Gasteiger charge is -2.35. The van der Waals surface area contributed by atoms with E-state index in [0.717, 1.165) is 71.4 Å². The van der Waals surface area contributed by atoms with Gasteiger partial charge in [0.15, 0.2) is 16.1 Å². The lowest BCUT2D eigenvalue weighted by molar-refractivity contribution is 0.668. The van der Waals surface area contributed by atoms with Gasteiger partial charge in [-0.15, -0.1) is 0 Å². The smallest absolute Gasteiger partial charge is 0.179 e. The molecule has 8 heteroatoms. The van der Waals surface area contributed by atoms with Crippen LogP contribution in [0.15, 0.2) is 438 Å². The highest BCUT2D eigenvalue weighted by Crippen LogP contribution is 2.40. The summed E-state index contributed by atoms with van der Waals surface area (Å²) in [6, 6.07) is 152. The third kappa shape index (κ3) is 13.6. The number of hydrogen-bond acceptors (Lipinski definition) is 4. The number of furan rings is 2. The monoisotopic (exact) mass is 1430 g/mol. The number of benzene rings is 16. The normalized spacial score (nSPS) is 11.2. The van der Waals surface area contributed by atoms with Crippen molar-refractivity contribution in [2.75, 3.05) is 10.2 Å². The van der Waals surface area contributed by atoms with Crippen molar-refractivity contribution < 1.29 is 8.83 Å².